The normalized spacial score (nSPS) is 24.4. The SMILES string of the molecule is CC(C)CC(O)CN1CCC(F)(F)C1. The van der Waals surface area contributed by atoms with Crippen LogP contribution in [0, 0.1) is 5.92 Å². The van der Waals surface area contributed by atoms with Gasteiger partial charge in [-0.25, -0.2) is 8.78 Å². The second kappa shape index (κ2) is 4.53. The fourth-order valence-corrected chi connectivity index (χ4v) is 1.88. The summed E-state index contributed by atoms with van der Waals surface area (Å²) in [5, 5.41) is 9.56. The monoisotopic (exact) mass is 207 g/mol. The Morgan fingerprint density at radius 1 is 1.43 bits per heavy atom. The number of hydrogen-bond donors (Lipinski definition) is 1. The molecule has 0 radical (unpaired) electrons. The first kappa shape index (κ1) is 11.9. The summed E-state index contributed by atoms with van der Waals surface area (Å²) in [5.74, 6) is -2.13. The lowest BCUT2D eigenvalue weighted by molar-refractivity contribution is 0.00658. The number of halogens is 2. The molecular formula is C10H19F2NO. The zero-order valence-corrected chi connectivity index (χ0v) is 8.84. The summed E-state index contributed by atoms with van der Waals surface area (Å²) in [6.07, 6.45) is 0.146. The van der Waals surface area contributed by atoms with Crippen molar-refractivity contribution in [1.82, 2.24) is 4.90 Å². The van der Waals surface area contributed by atoms with Crippen molar-refractivity contribution in [2.75, 3.05) is 19.6 Å². The Morgan fingerprint density at radius 3 is 2.50 bits per heavy atom. The molecule has 4 heteroatoms. The van der Waals surface area contributed by atoms with Crippen molar-refractivity contribution in [3.8, 4) is 0 Å². The molecule has 0 amide bonds. The number of aliphatic hydroxyl groups excluding tert-OH is 1. The van der Waals surface area contributed by atoms with Gasteiger partial charge in [0.15, 0.2) is 0 Å². The maximum Gasteiger partial charge on any atom is 0.261 e. The molecule has 1 saturated heterocycles. The summed E-state index contributed by atoms with van der Waals surface area (Å²) < 4.78 is 25.6. The highest BCUT2D eigenvalue weighted by Gasteiger charge is 2.38. The number of alkyl halides is 2. The van der Waals surface area contributed by atoms with Gasteiger partial charge >= 0.3 is 0 Å². The smallest absolute Gasteiger partial charge is 0.261 e. The summed E-state index contributed by atoms with van der Waals surface area (Å²) in [6, 6.07) is 0. The molecule has 0 saturated carbocycles. The van der Waals surface area contributed by atoms with Gasteiger partial charge in [-0.2, -0.15) is 0 Å². The minimum atomic E-state index is -2.54. The average molecular weight is 207 g/mol. The Balaban J connectivity index is 2.25. The van der Waals surface area contributed by atoms with E-state index in [0.29, 0.717) is 25.4 Å². The van der Waals surface area contributed by atoms with Crippen LogP contribution in [0.1, 0.15) is 26.7 Å². The summed E-state index contributed by atoms with van der Waals surface area (Å²) in [7, 11) is 0. The molecule has 0 spiro atoms. The van der Waals surface area contributed by atoms with Crippen LogP contribution in [-0.4, -0.2) is 41.7 Å². The van der Waals surface area contributed by atoms with Gasteiger partial charge in [-0.05, 0) is 12.3 Å². The van der Waals surface area contributed by atoms with E-state index in [1.807, 2.05) is 13.8 Å². The molecular weight excluding hydrogens is 188 g/mol. The van der Waals surface area contributed by atoms with E-state index in [0.717, 1.165) is 0 Å². The minimum absolute atomic E-state index is 0.0681. The van der Waals surface area contributed by atoms with Crippen molar-refractivity contribution in [2.45, 2.75) is 38.7 Å². The largest absolute Gasteiger partial charge is 0.392 e. The third-order valence-corrected chi connectivity index (χ3v) is 2.46. The van der Waals surface area contributed by atoms with Crippen molar-refractivity contribution in [2.24, 2.45) is 5.92 Å². The molecule has 0 aliphatic carbocycles. The number of aliphatic hydroxyl groups is 1. The standard InChI is InChI=1S/C10H19F2NO/c1-8(2)5-9(14)6-13-4-3-10(11,12)7-13/h8-9,14H,3-7H2,1-2H3. The van der Waals surface area contributed by atoms with E-state index in [9.17, 15) is 13.9 Å². The van der Waals surface area contributed by atoms with E-state index < -0.39 is 12.0 Å². The molecule has 0 aromatic carbocycles. The molecule has 1 aliphatic heterocycles. The highest BCUT2D eigenvalue weighted by molar-refractivity contribution is 4.82. The van der Waals surface area contributed by atoms with Gasteiger partial charge in [0, 0.05) is 19.5 Å². The van der Waals surface area contributed by atoms with Gasteiger partial charge in [-0.1, -0.05) is 13.8 Å². The first-order valence-electron chi connectivity index (χ1n) is 5.17. The molecule has 84 valence electrons. The molecule has 0 bridgehead atoms. The van der Waals surface area contributed by atoms with Crippen molar-refractivity contribution < 1.29 is 13.9 Å². The molecule has 14 heavy (non-hydrogen) atoms. The van der Waals surface area contributed by atoms with E-state index in [-0.39, 0.29) is 13.0 Å². The molecule has 1 N–H and O–H groups in total. The molecule has 1 aliphatic rings. The van der Waals surface area contributed by atoms with Gasteiger partial charge in [0.1, 0.15) is 0 Å². The van der Waals surface area contributed by atoms with Crippen LogP contribution < -0.4 is 0 Å². The Bertz CT molecular complexity index is 185. The van der Waals surface area contributed by atoms with Crippen LogP contribution >= 0.6 is 0 Å². The van der Waals surface area contributed by atoms with E-state index in [1.165, 1.54) is 0 Å². The zero-order chi connectivity index (χ0) is 10.8. The second-order valence-electron chi connectivity index (χ2n) is 4.62. The maximum atomic E-state index is 12.8. The highest BCUT2D eigenvalue weighted by atomic mass is 19.3. The third-order valence-electron chi connectivity index (χ3n) is 2.46. The summed E-state index contributed by atoms with van der Waals surface area (Å²) in [5.41, 5.74) is 0. The van der Waals surface area contributed by atoms with Crippen LogP contribution in [0.5, 0.6) is 0 Å². The minimum Gasteiger partial charge on any atom is -0.392 e. The van der Waals surface area contributed by atoms with E-state index in [4.69, 9.17) is 0 Å². The number of likely N-dealkylation sites (tertiary alicyclic amines) is 1. The van der Waals surface area contributed by atoms with Crippen molar-refractivity contribution in [3.63, 3.8) is 0 Å². The number of hydrogen-bond acceptors (Lipinski definition) is 2. The van der Waals surface area contributed by atoms with E-state index >= 15 is 0 Å². The topological polar surface area (TPSA) is 23.5 Å². The highest BCUT2D eigenvalue weighted by Crippen LogP contribution is 2.26. The fourth-order valence-electron chi connectivity index (χ4n) is 1.88. The number of rotatable bonds is 4. The first-order chi connectivity index (χ1) is 6.39. The van der Waals surface area contributed by atoms with Crippen LogP contribution in [0.3, 0.4) is 0 Å². The van der Waals surface area contributed by atoms with Gasteiger partial charge in [0.2, 0.25) is 0 Å². The number of nitrogens with zero attached hydrogens (tertiary/aromatic N) is 1. The quantitative estimate of drug-likeness (QED) is 0.759. The lowest BCUT2D eigenvalue weighted by Gasteiger charge is -2.20. The summed E-state index contributed by atoms with van der Waals surface area (Å²) in [6.45, 7) is 4.63. The fraction of sp³-hybridized carbons (Fsp3) is 1.00. The summed E-state index contributed by atoms with van der Waals surface area (Å²) >= 11 is 0. The van der Waals surface area contributed by atoms with Crippen LogP contribution in [0.2, 0.25) is 0 Å². The molecule has 1 heterocycles. The van der Waals surface area contributed by atoms with Crippen molar-refractivity contribution >= 4 is 0 Å². The predicted octanol–water partition coefficient (Wildman–Crippen LogP) is 1.73. The molecule has 1 atom stereocenters. The van der Waals surface area contributed by atoms with Crippen LogP contribution in [0.4, 0.5) is 8.78 Å². The van der Waals surface area contributed by atoms with Gasteiger partial charge in [-0.3, -0.25) is 4.90 Å². The van der Waals surface area contributed by atoms with Gasteiger partial charge in [-0.15, -0.1) is 0 Å². The van der Waals surface area contributed by atoms with Crippen LogP contribution in [-0.2, 0) is 0 Å². The first-order valence-corrected chi connectivity index (χ1v) is 5.17. The van der Waals surface area contributed by atoms with Crippen molar-refractivity contribution in [3.05, 3.63) is 0 Å². The molecule has 1 unspecified atom stereocenters. The Labute approximate surface area is 83.9 Å². The predicted molar refractivity (Wildman–Crippen MR) is 51.5 cm³/mol. The number of β-amino-alcohol motifs (C(OH)–C–C–N with tert-alkyl or cyclic N) is 1. The van der Waals surface area contributed by atoms with E-state index in [2.05, 4.69) is 0 Å². The van der Waals surface area contributed by atoms with Crippen LogP contribution in [0.25, 0.3) is 0 Å². The average Bonchev–Trinajstić information content (AvgIpc) is 2.27. The van der Waals surface area contributed by atoms with Crippen LogP contribution in [0.15, 0.2) is 0 Å². The Morgan fingerprint density at radius 2 is 2.07 bits per heavy atom. The van der Waals surface area contributed by atoms with E-state index in [1.54, 1.807) is 4.90 Å². The maximum absolute atomic E-state index is 12.8. The Hall–Kier alpha value is -0.220. The third kappa shape index (κ3) is 3.88. The second-order valence-corrected chi connectivity index (χ2v) is 4.62. The van der Waals surface area contributed by atoms with Crippen molar-refractivity contribution in [1.29, 1.82) is 0 Å². The zero-order valence-electron chi connectivity index (χ0n) is 8.84. The van der Waals surface area contributed by atoms with Gasteiger partial charge in [0.05, 0.1) is 12.6 Å². The molecule has 1 fully saturated rings. The molecule has 2 nitrogen and oxygen atoms in total. The Kier molecular flexibility index (Phi) is 3.84. The van der Waals surface area contributed by atoms with Gasteiger partial charge in [0.25, 0.3) is 5.92 Å². The molecule has 1 rings (SSSR count). The lowest BCUT2D eigenvalue weighted by Crippen LogP contribution is -2.33. The lowest BCUT2D eigenvalue weighted by atomic mass is 10.1. The molecule has 0 aromatic rings. The van der Waals surface area contributed by atoms with Gasteiger partial charge < -0.3 is 5.11 Å². The summed E-state index contributed by atoms with van der Waals surface area (Å²) in [4.78, 5) is 1.65. The molecule has 0 aromatic heterocycles.